The summed E-state index contributed by atoms with van der Waals surface area (Å²) in [5.41, 5.74) is 0.279. The van der Waals surface area contributed by atoms with Gasteiger partial charge in [0.1, 0.15) is 18.2 Å². The Morgan fingerprint density at radius 1 is 1.62 bits per heavy atom. The minimum Gasteiger partial charge on any atom is -0.457 e. The Bertz CT molecular complexity index is 613. The number of anilines is 1. The molecule has 110 valence electrons. The Kier molecular flexibility index (Phi) is 6.30. The first-order valence-electron chi connectivity index (χ1n) is 6.16. The van der Waals surface area contributed by atoms with E-state index in [1.165, 1.54) is 35.3 Å². The van der Waals surface area contributed by atoms with E-state index >= 15 is 0 Å². The highest BCUT2D eigenvalue weighted by molar-refractivity contribution is 7.14. The lowest BCUT2D eigenvalue weighted by Gasteiger charge is -2.14. The van der Waals surface area contributed by atoms with Crippen molar-refractivity contribution >= 4 is 34.4 Å². The second-order valence-electron chi connectivity index (χ2n) is 3.88. The van der Waals surface area contributed by atoms with Crippen LogP contribution in [0.15, 0.2) is 23.6 Å². The molecule has 1 aromatic heterocycles. The lowest BCUT2D eigenvalue weighted by molar-refractivity contribution is -0.137. The number of hydrogen-bond acceptors (Lipinski definition) is 6. The van der Waals surface area contributed by atoms with Crippen LogP contribution in [0.2, 0.25) is 0 Å². The van der Waals surface area contributed by atoms with Crippen LogP contribution in [0.3, 0.4) is 0 Å². The zero-order valence-electron chi connectivity index (χ0n) is 11.8. The number of thiazole rings is 1. The van der Waals surface area contributed by atoms with Gasteiger partial charge in [-0.2, -0.15) is 5.26 Å². The quantitative estimate of drug-likeness (QED) is 0.348. The number of rotatable bonds is 6. The SMILES string of the molecule is C=CCOC(=O)/C(C#N)=C/c1csc(N(CC)C(C)=O)n1. The van der Waals surface area contributed by atoms with Gasteiger partial charge in [0.2, 0.25) is 5.91 Å². The molecule has 0 saturated carbocycles. The summed E-state index contributed by atoms with van der Waals surface area (Å²) in [6.07, 6.45) is 2.75. The minimum absolute atomic E-state index is 0.0358. The first-order chi connectivity index (χ1) is 10.0. The smallest absolute Gasteiger partial charge is 0.349 e. The molecule has 21 heavy (non-hydrogen) atoms. The van der Waals surface area contributed by atoms with Crippen molar-refractivity contribution in [2.24, 2.45) is 0 Å². The number of carbonyl (C=O) groups excluding carboxylic acids is 2. The van der Waals surface area contributed by atoms with Crippen LogP contribution in [0.1, 0.15) is 19.5 Å². The maximum Gasteiger partial charge on any atom is 0.349 e. The number of amides is 1. The number of ether oxygens (including phenoxy) is 1. The Morgan fingerprint density at radius 2 is 2.33 bits per heavy atom. The van der Waals surface area contributed by atoms with Crippen LogP contribution in [0.25, 0.3) is 6.08 Å². The first kappa shape index (κ1) is 16.6. The molecule has 0 spiro atoms. The van der Waals surface area contributed by atoms with Gasteiger partial charge in [0, 0.05) is 18.8 Å². The van der Waals surface area contributed by atoms with Gasteiger partial charge in [0.15, 0.2) is 5.13 Å². The molecule has 1 amide bonds. The van der Waals surface area contributed by atoms with E-state index in [9.17, 15) is 9.59 Å². The van der Waals surface area contributed by atoms with Crippen LogP contribution in [0, 0.1) is 11.3 Å². The number of esters is 1. The van der Waals surface area contributed by atoms with Gasteiger partial charge in [0.25, 0.3) is 0 Å². The van der Waals surface area contributed by atoms with Crippen molar-refractivity contribution in [2.75, 3.05) is 18.1 Å². The van der Waals surface area contributed by atoms with Crippen molar-refractivity contribution < 1.29 is 14.3 Å². The van der Waals surface area contributed by atoms with E-state index in [1.54, 1.807) is 11.4 Å². The van der Waals surface area contributed by atoms with Crippen molar-refractivity contribution in [3.05, 3.63) is 29.3 Å². The number of hydrogen-bond donors (Lipinski definition) is 0. The molecule has 0 aromatic carbocycles. The molecule has 1 aromatic rings. The molecule has 0 fully saturated rings. The van der Waals surface area contributed by atoms with Crippen LogP contribution in [0.5, 0.6) is 0 Å². The van der Waals surface area contributed by atoms with Crippen molar-refractivity contribution in [2.45, 2.75) is 13.8 Å². The minimum atomic E-state index is -0.731. The fraction of sp³-hybridized carbons (Fsp3) is 0.286. The topological polar surface area (TPSA) is 83.3 Å². The number of nitriles is 1. The van der Waals surface area contributed by atoms with Crippen LogP contribution in [-0.4, -0.2) is 30.0 Å². The van der Waals surface area contributed by atoms with E-state index in [-0.39, 0.29) is 18.1 Å². The Balaban J connectivity index is 2.96. The number of carbonyl (C=O) groups is 2. The highest BCUT2D eigenvalue weighted by Gasteiger charge is 2.15. The van der Waals surface area contributed by atoms with E-state index < -0.39 is 5.97 Å². The fourth-order valence-electron chi connectivity index (χ4n) is 1.46. The van der Waals surface area contributed by atoms with Crippen molar-refractivity contribution in [3.63, 3.8) is 0 Å². The molecule has 0 bridgehead atoms. The zero-order valence-corrected chi connectivity index (χ0v) is 12.6. The predicted octanol–water partition coefficient (Wildman–Crippen LogP) is 2.15. The first-order valence-corrected chi connectivity index (χ1v) is 7.04. The molecule has 7 heteroatoms. The lowest BCUT2D eigenvalue weighted by Crippen LogP contribution is -2.27. The van der Waals surface area contributed by atoms with Crippen molar-refractivity contribution in [3.8, 4) is 6.07 Å². The average Bonchev–Trinajstić information content (AvgIpc) is 2.90. The number of aromatic nitrogens is 1. The van der Waals surface area contributed by atoms with Gasteiger partial charge in [0.05, 0.1) is 5.69 Å². The third-order valence-corrected chi connectivity index (χ3v) is 3.28. The molecule has 1 rings (SSSR count). The van der Waals surface area contributed by atoms with Gasteiger partial charge >= 0.3 is 5.97 Å². The third kappa shape index (κ3) is 4.54. The molecule has 6 nitrogen and oxygen atoms in total. The summed E-state index contributed by atoms with van der Waals surface area (Å²) in [6.45, 7) is 7.25. The van der Waals surface area contributed by atoms with Crippen molar-refractivity contribution in [1.82, 2.24) is 4.98 Å². The van der Waals surface area contributed by atoms with Crippen LogP contribution in [0.4, 0.5) is 5.13 Å². The second-order valence-corrected chi connectivity index (χ2v) is 4.71. The van der Waals surface area contributed by atoms with Crippen molar-refractivity contribution in [1.29, 1.82) is 5.26 Å². The molecule has 0 N–H and O–H groups in total. The number of nitrogens with zero attached hydrogens (tertiary/aromatic N) is 3. The zero-order chi connectivity index (χ0) is 15.8. The Morgan fingerprint density at radius 3 is 2.86 bits per heavy atom. The van der Waals surface area contributed by atoms with E-state index in [0.717, 1.165) is 0 Å². The molecule has 0 aliphatic rings. The standard InChI is InChI=1S/C14H15N3O3S/c1-4-6-20-13(19)11(8-15)7-12-9-21-14(16-12)17(5-2)10(3)18/h4,7,9H,1,5-6H2,2-3H3/b11-7+. The summed E-state index contributed by atoms with van der Waals surface area (Å²) in [4.78, 5) is 28.7. The Labute approximate surface area is 127 Å². The molecule has 0 radical (unpaired) electrons. The largest absolute Gasteiger partial charge is 0.457 e. The summed E-state index contributed by atoms with van der Waals surface area (Å²) in [6, 6.07) is 1.77. The summed E-state index contributed by atoms with van der Waals surface area (Å²) in [5.74, 6) is -0.848. The molecule has 0 atom stereocenters. The average molecular weight is 305 g/mol. The van der Waals surface area contributed by atoms with E-state index in [4.69, 9.17) is 10.00 Å². The fourth-order valence-corrected chi connectivity index (χ4v) is 2.35. The third-order valence-electron chi connectivity index (χ3n) is 2.40. The summed E-state index contributed by atoms with van der Waals surface area (Å²) >= 11 is 1.26. The summed E-state index contributed by atoms with van der Waals surface area (Å²) < 4.78 is 4.79. The van der Waals surface area contributed by atoms with Crippen LogP contribution in [-0.2, 0) is 14.3 Å². The lowest BCUT2D eigenvalue weighted by atomic mass is 10.2. The summed E-state index contributed by atoms with van der Waals surface area (Å²) in [7, 11) is 0. The maximum absolute atomic E-state index is 11.6. The maximum atomic E-state index is 11.6. The summed E-state index contributed by atoms with van der Waals surface area (Å²) in [5, 5.41) is 11.2. The van der Waals surface area contributed by atoms with Gasteiger partial charge in [-0.15, -0.1) is 11.3 Å². The van der Waals surface area contributed by atoms with Crippen LogP contribution >= 0.6 is 11.3 Å². The predicted molar refractivity (Wildman–Crippen MR) is 80.6 cm³/mol. The van der Waals surface area contributed by atoms with Gasteiger partial charge < -0.3 is 4.74 Å². The highest BCUT2D eigenvalue weighted by Crippen LogP contribution is 2.22. The molecular weight excluding hydrogens is 290 g/mol. The van der Waals surface area contributed by atoms with E-state index in [0.29, 0.717) is 17.4 Å². The normalized spacial score (nSPS) is 10.6. The van der Waals surface area contributed by atoms with E-state index in [2.05, 4.69) is 11.6 Å². The van der Waals surface area contributed by atoms with Crippen LogP contribution < -0.4 is 4.90 Å². The monoisotopic (exact) mass is 305 g/mol. The molecule has 1 heterocycles. The van der Waals surface area contributed by atoms with Gasteiger partial charge in [-0.3, -0.25) is 9.69 Å². The molecule has 0 unspecified atom stereocenters. The van der Waals surface area contributed by atoms with Gasteiger partial charge in [-0.1, -0.05) is 12.7 Å². The second kappa shape index (κ2) is 7.97. The Hall–Kier alpha value is -2.46. The molecular formula is C14H15N3O3S. The van der Waals surface area contributed by atoms with Gasteiger partial charge in [-0.25, -0.2) is 9.78 Å². The van der Waals surface area contributed by atoms with E-state index in [1.807, 2.05) is 6.92 Å². The molecule has 0 aliphatic heterocycles. The molecule has 0 saturated heterocycles. The molecule has 0 aliphatic carbocycles. The van der Waals surface area contributed by atoms with Gasteiger partial charge in [-0.05, 0) is 13.0 Å². The highest BCUT2D eigenvalue weighted by atomic mass is 32.1.